The molecule has 0 bridgehead atoms. The fourth-order valence-electron chi connectivity index (χ4n) is 2.33. The van der Waals surface area contributed by atoms with Crippen LogP contribution in [-0.2, 0) is 9.59 Å². The Morgan fingerprint density at radius 2 is 1.20 bits per heavy atom. The predicted molar refractivity (Wildman–Crippen MR) is 95.0 cm³/mol. The Bertz CT molecular complexity index is 300. The first kappa shape index (κ1) is 28.5. The van der Waals surface area contributed by atoms with Crippen molar-refractivity contribution in [1.82, 2.24) is 0 Å². The average Bonchev–Trinajstić information content (AvgIpc) is 2.50. The summed E-state index contributed by atoms with van der Waals surface area (Å²) in [5.74, 6) is -1.53. The lowest BCUT2D eigenvalue weighted by atomic mass is 9.75. The zero-order valence-electron chi connectivity index (χ0n) is 15.4. The zero-order valence-corrected chi connectivity index (χ0v) is 15.4. The molecule has 0 aliphatic heterocycles. The van der Waals surface area contributed by atoms with Crippen molar-refractivity contribution in [1.29, 1.82) is 0 Å². The monoisotopic (exact) mass is 368 g/mol. The molecule has 0 fully saturated rings. The number of carbonyl (C=O) groups is 2. The van der Waals surface area contributed by atoms with Crippen molar-refractivity contribution in [2.75, 3.05) is 26.4 Å². The number of carboxylic acid groups (broad SMARTS) is 2. The van der Waals surface area contributed by atoms with E-state index in [1.165, 1.54) is 0 Å². The minimum Gasteiger partial charge on any atom is -0.481 e. The van der Waals surface area contributed by atoms with E-state index in [1.807, 2.05) is 0 Å². The Morgan fingerprint density at radius 3 is 1.44 bits per heavy atom. The molecule has 0 radical (unpaired) electrons. The molecule has 0 saturated heterocycles. The summed E-state index contributed by atoms with van der Waals surface area (Å²) >= 11 is 0. The van der Waals surface area contributed by atoms with Gasteiger partial charge in [-0.25, -0.2) is 0 Å². The molecule has 25 heavy (non-hydrogen) atoms. The van der Waals surface area contributed by atoms with Gasteiger partial charge in [0.25, 0.3) is 11.9 Å². The van der Waals surface area contributed by atoms with Gasteiger partial charge in [-0.15, -0.1) is 0 Å². The Balaban J connectivity index is -0.000000503. The third-order valence-corrected chi connectivity index (χ3v) is 3.41. The smallest absolute Gasteiger partial charge is 0.300 e. The highest BCUT2D eigenvalue weighted by Crippen LogP contribution is 2.28. The zero-order chi connectivity index (χ0) is 20.3. The lowest BCUT2D eigenvalue weighted by Crippen LogP contribution is -2.50. The summed E-state index contributed by atoms with van der Waals surface area (Å²) in [4.78, 5) is 18.0. The van der Waals surface area contributed by atoms with Crippen molar-refractivity contribution in [2.45, 2.75) is 57.9 Å². The van der Waals surface area contributed by atoms with Gasteiger partial charge >= 0.3 is 0 Å². The first-order valence-corrected chi connectivity index (χ1v) is 8.31. The van der Waals surface area contributed by atoms with Gasteiger partial charge < -0.3 is 37.0 Å². The Hall–Kier alpha value is -1.26. The van der Waals surface area contributed by atoms with Crippen LogP contribution < -0.4 is 11.5 Å². The van der Waals surface area contributed by atoms with Crippen LogP contribution in [0.15, 0.2) is 0 Å². The van der Waals surface area contributed by atoms with Crippen molar-refractivity contribution < 1.29 is 35.1 Å². The normalized spacial score (nSPS) is 11.5. The van der Waals surface area contributed by atoms with Gasteiger partial charge in [0.1, 0.15) is 0 Å². The number of hydrogen-bond acceptors (Lipinski definition) is 7. The van der Waals surface area contributed by atoms with Crippen LogP contribution in [0.1, 0.15) is 52.4 Å². The Morgan fingerprint density at radius 1 is 0.880 bits per heavy atom. The molecule has 0 saturated carbocycles. The average molecular weight is 368 g/mol. The van der Waals surface area contributed by atoms with Gasteiger partial charge in [0.15, 0.2) is 0 Å². The van der Waals surface area contributed by atoms with E-state index in [2.05, 4.69) is 0 Å². The summed E-state index contributed by atoms with van der Waals surface area (Å²) < 4.78 is 0. The summed E-state index contributed by atoms with van der Waals surface area (Å²) in [6.07, 6.45) is 4.20. The molecule has 0 aromatic rings. The van der Waals surface area contributed by atoms with Crippen LogP contribution in [0.25, 0.3) is 0 Å². The maximum absolute atomic E-state index is 9.00. The minimum atomic E-state index is -0.833. The maximum atomic E-state index is 9.00. The van der Waals surface area contributed by atoms with E-state index in [1.54, 1.807) is 0 Å². The van der Waals surface area contributed by atoms with E-state index in [9.17, 15) is 0 Å². The molecule has 0 aromatic heterocycles. The number of rotatable bonds is 11. The second kappa shape index (κ2) is 19.1. The van der Waals surface area contributed by atoms with Crippen LogP contribution in [0, 0.1) is 5.92 Å². The van der Waals surface area contributed by atoms with Crippen LogP contribution in [0.5, 0.6) is 0 Å². The highest BCUT2D eigenvalue weighted by Gasteiger charge is 2.32. The van der Waals surface area contributed by atoms with Crippen molar-refractivity contribution in [3.8, 4) is 0 Å². The fourth-order valence-corrected chi connectivity index (χ4v) is 2.33. The number of nitrogens with two attached hydrogens (primary N) is 2. The topological polar surface area (TPSA) is 187 Å². The summed E-state index contributed by atoms with van der Waals surface area (Å²) in [6, 6.07) is 0. The second-order valence-electron chi connectivity index (χ2n) is 5.72. The molecule has 0 aliphatic rings. The van der Waals surface area contributed by atoms with E-state index in [0.29, 0.717) is 38.6 Å². The van der Waals surface area contributed by atoms with Crippen LogP contribution >= 0.6 is 0 Å². The number of aliphatic carboxylic acids is 2. The summed E-state index contributed by atoms with van der Waals surface area (Å²) in [6.45, 7) is 3.03. The molecule has 0 aliphatic carbocycles. The molecule has 1 unspecified atom stereocenters. The van der Waals surface area contributed by atoms with Gasteiger partial charge in [-0.3, -0.25) is 9.59 Å². The number of hydrogen-bond donors (Lipinski definition) is 7. The number of carboxylic acids is 2. The molecule has 9 nitrogen and oxygen atoms in total. The van der Waals surface area contributed by atoms with Gasteiger partial charge in [-0.2, -0.15) is 0 Å². The third kappa shape index (κ3) is 22.7. The first-order valence-electron chi connectivity index (χ1n) is 8.31. The van der Waals surface area contributed by atoms with Crippen molar-refractivity contribution in [2.24, 2.45) is 17.4 Å². The molecule has 9 N–H and O–H groups in total. The third-order valence-electron chi connectivity index (χ3n) is 3.41. The molecule has 0 amide bonds. The highest BCUT2D eigenvalue weighted by molar-refractivity contribution is 5.63. The fraction of sp³-hybridized carbons (Fsp3) is 0.875. The lowest BCUT2D eigenvalue weighted by Gasteiger charge is -2.37. The number of aliphatic hydroxyl groups is 3. The first-order chi connectivity index (χ1) is 11.6. The number of aliphatic hydroxyl groups excluding tert-OH is 3. The van der Waals surface area contributed by atoms with Gasteiger partial charge in [0.2, 0.25) is 0 Å². The van der Waals surface area contributed by atoms with Crippen LogP contribution in [0.2, 0.25) is 0 Å². The van der Waals surface area contributed by atoms with E-state index < -0.39 is 17.5 Å². The Labute approximate surface area is 149 Å². The molecular formula is C16H36N2O7. The second-order valence-corrected chi connectivity index (χ2v) is 5.72. The quantitative estimate of drug-likeness (QED) is 0.258. The van der Waals surface area contributed by atoms with Crippen LogP contribution in [-0.4, -0.2) is 69.4 Å². The summed E-state index contributed by atoms with van der Waals surface area (Å²) in [5.41, 5.74) is 11.7. The standard InChI is InChI=1S/C12H28N2O3.2C2H4O2/c13-10-11(4-1-7-15)12(14,5-2-8-16)6-3-9-17;2*1-2(3)4/h11,15-17H,1-10,13-14H2;2*1H3,(H,3,4). The molecular weight excluding hydrogens is 332 g/mol. The van der Waals surface area contributed by atoms with Crippen molar-refractivity contribution >= 4 is 11.9 Å². The molecule has 0 spiro atoms. The SMILES string of the molecule is CC(=O)O.CC(=O)O.NCC(CCCO)C(N)(CCCO)CCCO. The van der Waals surface area contributed by atoms with Gasteiger partial charge in [0.05, 0.1) is 0 Å². The van der Waals surface area contributed by atoms with Crippen LogP contribution in [0.4, 0.5) is 0 Å². The van der Waals surface area contributed by atoms with E-state index >= 15 is 0 Å². The minimum absolute atomic E-state index is 0.120. The van der Waals surface area contributed by atoms with E-state index in [0.717, 1.165) is 20.3 Å². The summed E-state index contributed by atoms with van der Waals surface area (Å²) in [5, 5.41) is 41.5. The largest absolute Gasteiger partial charge is 0.481 e. The predicted octanol–water partition coefficient (Wildman–Crippen LogP) is -0.242. The van der Waals surface area contributed by atoms with Crippen molar-refractivity contribution in [3.63, 3.8) is 0 Å². The molecule has 0 rings (SSSR count). The van der Waals surface area contributed by atoms with Crippen LogP contribution in [0.3, 0.4) is 0 Å². The van der Waals surface area contributed by atoms with Crippen molar-refractivity contribution in [3.05, 3.63) is 0 Å². The molecule has 1 atom stereocenters. The van der Waals surface area contributed by atoms with Gasteiger partial charge in [-0.05, 0) is 51.0 Å². The molecule has 0 heterocycles. The van der Waals surface area contributed by atoms with E-state index in [-0.39, 0.29) is 25.7 Å². The lowest BCUT2D eigenvalue weighted by molar-refractivity contribution is -0.135. The van der Waals surface area contributed by atoms with E-state index in [4.69, 9.17) is 46.6 Å². The highest BCUT2D eigenvalue weighted by atomic mass is 16.4. The van der Waals surface area contributed by atoms with Gasteiger partial charge in [0, 0.05) is 39.2 Å². The summed E-state index contributed by atoms with van der Waals surface area (Å²) in [7, 11) is 0. The molecule has 152 valence electrons. The molecule has 0 aromatic carbocycles. The Kier molecular flexibility index (Phi) is 21.8. The molecule has 9 heteroatoms. The van der Waals surface area contributed by atoms with Gasteiger partial charge in [-0.1, -0.05) is 0 Å². The maximum Gasteiger partial charge on any atom is 0.300 e.